The van der Waals surface area contributed by atoms with E-state index in [1.807, 2.05) is 13.0 Å². The van der Waals surface area contributed by atoms with Crippen molar-refractivity contribution in [2.24, 2.45) is 0 Å². The standard InChI is InChI=1S/C21H20N2O4/c1-4-14-22(20(24)15(2)17-8-6-5-7-9-17)21(25)16(3)18-10-12-19(13-11-18)23(26)27/h5-13H,2-4,14H2,1H3. The van der Waals surface area contributed by atoms with Gasteiger partial charge in [-0.1, -0.05) is 50.4 Å². The Hall–Kier alpha value is -3.54. The van der Waals surface area contributed by atoms with Crippen LogP contribution in [0.1, 0.15) is 24.5 Å². The fourth-order valence-electron chi connectivity index (χ4n) is 2.52. The lowest BCUT2D eigenvalue weighted by atomic mass is 10.0. The minimum Gasteiger partial charge on any atom is -0.274 e. The Morgan fingerprint density at radius 2 is 1.41 bits per heavy atom. The van der Waals surface area contributed by atoms with Crippen LogP contribution in [0.5, 0.6) is 0 Å². The predicted molar refractivity (Wildman–Crippen MR) is 105 cm³/mol. The third-order valence-corrected chi connectivity index (χ3v) is 4.00. The average Bonchev–Trinajstić information content (AvgIpc) is 2.70. The van der Waals surface area contributed by atoms with E-state index < -0.39 is 16.7 Å². The SMILES string of the molecule is C=C(C(=O)N(CCC)C(=O)C(=C)c1ccc([N+](=O)[O-])cc1)c1ccccc1. The van der Waals surface area contributed by atoms with Crippen molar-refractivity contribution in [2.75, 3.05) is 6.54 Å². The number of rotatable bonds is 7. The van der Waals surface area contributed by atoms with Crippen LogP contribution in [0.3, 0.4) is 0 Å². The van der Waals surface area contributed by atoms with Crippen LogP contribution in [0.2, 0.25) is 0 Å². The van der Waals surface area contributed by atoms with Crippen LogP contribution in [0.15, 0.2) is 67.8 Å². The summed E-state index contributed by atoms with van der Waals surface area (Å²) in [5.41, 5.74) is 1.28. The Morgan fingerprint density at radius 1 is 0.926 bits per heavy atom. The second-order valence-corrected chi connectivity index (χ2v) is 5.89. The first-order valence-electron chi connectivity index (χ1n) is 8.41. The lowest BCUT2D eigenvalue weighted by molar-refractivity contribution is -0.384. The molecule has 2 amide bonds. The number of non-ortho nitro benzene ring substituents is 1. The normalized spacial score (nSPS) is 10.1. The first kappa shape index (κ1) is 19.8. The summed E-state index contributed by atoms with van der Waals surface area (Å²) in [4.78, 5) is 37.0. The molecule has 6 heteroatoms. The monoisotopic (exact) mass is 364 g/mol. The lowest BCUT2D eigenvalue weighted by Gasteiger charge is -2.22. The maximum absolute atomic E-state index is 12.9. The molecule has 0 fully saturated rings. The molecule has 27 heavy (non-hydrogen) atoms. The van der Waals surface area contributed by atoms with Gasteiger partial charge in [-0.05, 0) is 29.7 Å². The van der Waals surface area contributed by atoms with Crippen molar-refractivity contribution in [2.45, 2.75) is 13.3 Å². The van der Waals surface area contributed by atoms with E-state index >= 15 is 0 Å². The van der Waals surface area contributed by atoms with Gasteiger partial charge < -0.3 is 0 Å². The molecule has 0 aliphatic carbocycles. The van der Waals surface area contributed by atoms with E-state index in [4.69, 9.17) is 0 Å². The molecule has 0 aromatic heterocycles. The van der Waals surface area contributed by atoms with Crippen LogP contribution in [0.25, 0.3) is 11.1 Å². The molecule has 0 unspecified atom stereocenters. The second-order valence-electron chi connectivity index (χ2n) is 5.89. The van der Waals surface area contributed by atoms with Crippen LogP contribution >= 0.6 is 0 Å². The van der Waals surface area contributed by atoms with Crippen molar-refractivity contribution in [3.05, 3.63) is 89.0 Å². The van der Waals surface area contributed by atoms with Crippen LogP contribution in [-0.2, 0) is 9.59 Å². The quantitative estimate of drug-likeness (QED) is 0.421. The Morgan fingerprint density at radius 3 is 1.85 bits per heavy atom. The molecule has 0 atom stereocenters. The minimum atomic E-state index is -0.548. The van der Waals surface area contributed by atoms with Gasteiger partial charge in [-0.2, -0.15) is 0 Å². The zero-order valence-electron chi connectivity index (χ0n) is 15.1. The van der Waals surface area contributed by atoms with E-state index in [1.54, 1.807) is 24.3 Å². The first-order chi connectivity index (χ1) is 12.9. The highest BCUT2D eigenvalue weighted by molar-refractivity contribution is 6.30. The maximum atomic E-state index is 12.9. The highest BCUT2D eigenvalue weighted by atomic mass is 16.6. The van der Waals surface area contributed by atoms with Gasteiger partial charge in [0, 0.05) is 29.8 Å². The third-order valence-electron chi connectivity index (χ3n) is 4.00. The molecule has 0 N–H and O–H groups in total. The minimum absolute atomic E-state index is 0.0852. The molecule has 0 bridgehead atoms. The summed E-state index contributed by atoms with van der Waals surface area (Å²) in [6.07, 6.45) is 0.576. The summed E-state index contributed by atoms with van der Waals surface area (Å²) in [6, 6.07) is 14.4. The van der Waals surface area contributed by atoms with Gasteiger partial charge in [-0.3, -0.25) is 24.6 Å². The Kier molecular flexibility index (Phi) is 6.38. The molecular formula is C21H20N2O4. The largest absolute Gasteiger partial charge is 0.274 e. The average molecular weight is 364 g/mol. The van der Waals surface area contributed by atoms with Gasteiger partial charge in [0.1, 0.15) is 0 Å². The number of carbonyl (C=O) groups excluding carboxylic acids is 2. The summed E-state index contributed by atoms with van der Waals surface area (Å²) in [6.45, 7) is 9.67. The van der Waals surface area contributed by atoms with E-state index in [0.717, 1.165) is 4.90 Å². The molecule has 138 valence electrons. The van der Waals surface area contributed by atoms with Crippen LogP contribution in [0.4, 0.5) is 5.69 Å². The number of nitro groups is 1. The van der Waals surface area contributed by atoms with E-state index in [9.17, 15) is 19.7 Å². The van der Waals surface area contributed by atoms with E-state index in [-0.39, 0.29) is 23.4 Å². The maximum Gasteiger partial charge on any atom is 0.269 e. The summed E-state index contributed by atoms with van der Waals surface area (Å²) in [5, 5.41) is 10.8. The number of benzene rings is 2. The molecule has 0 aliphatic heterocycles. The molecular weight excluding hydrogens is 344 g/mol. The summed E-state index contributed by atoms with van der Waals surface area (Å²) >= 11 is 0. The zero-order chi connectivity index (χ0) is 20.0. The number of hydrogen-bond donors (Lipinski definition) is 0. The van der Waals surface area contributed by atoms with Crippen LogP contribution < -0.4 is 0 Å². The van der Waals surface area contributed by atoms with Gasteiger partial charge in [-0.25, -0.2) is 0 Å². The van der Waals surface area contributed by atoms with Gasteiger partial charge in [0.15, 0.2) is 0 Å². The van der Waals surface area contributed by atoms with E-state index in [0.29, 0.717) is 17.5 Å². The number of nitrogens with zero attached hydrogens (tertiary/aromatic N) is 2. The molecule has 2 aromatic rings. The van der Waals surface area contributed by atoms with Crippen molar-refractivity contribution in [1.29, 1.82) is 0 Å². The number of amides is 2. The van der Waals surface area contributed by atoms with Crippen molar-refractivity contribution < 1.29 is 14.5 Å². The van der Waals surface area contributed by atoms with E-state index in [2.05, 4.69) is 13.2 Å². The molecule has 0 heterocycles. The molecule has 2 rings (SSSR count). The van der Waals surface area contributed by atoms with Gasteiger partial charge in [0.05, 0.1) is 4.92 Å². The Bertz CT molecular complexity index is 886. The Balaban J connectivity index is 2.25. The highest BCUT2D eigenvalue weighted by Crippen LogP contribution is 2.22. The first-order valence-corrected chi connectivity index (χ1v) is 8.41. The third kappa shape index (κ3) is 4.55. The number of imide groups is 1. The van der Waals surface area contributed by atoms with Crippen molar-refractivity contribution in [1.82, 2.24) is 4.90 Å². The van der Waals surface area contributed by atoms with Crippen molar-refractivity contribution >= 4 is 28.6 Å². The molecule has 0 saturated heterocycles. The zero-order valence-corrected chi connectivity index (χ0v) is 15.1. The van der Waals surface area contributed by atoms with Crippen LogP contribution in [0, 0.1) is 10.1 Å². The summed E-state index contributed by atoms with van der Waals surface area (Å²) in [5.74, 6) is -1.04. The van der Waals surface area contributed by atoms with E-state index in [1.165, 1.54) is 24.3 Å². The van der Waals surface area contributed by atoms with Gasteiger partial charge in [0.25, 0.3) is 17.5 Å². The molecule has 0 saturated carbocycles. The molecule has 0 radical (unpaired) electrons. The predicted octanol–water partition coefficient (Wildman–Crippen LogP) is 4.09. The molecule has 0 aliphatic rings. The lowest BCUT2D eigenvalue weighted by Crippen LogP contribution is -2.38. The molecule has 2 aromatic carbocycles. The second kappa shape index (κ2) is 8.71. The fraction of sp³-hybridized carbons (Fsp3) is 0.143. The highest BCUT2D eigenvalue weighted by Gasteiger charge is 2.26. The van der Waals surface area contributed by atoms with Gasteiger partial charge in [-0.15, -0.1) is 0 Å². The Labute approximate surface area is 157 Å². The fourth-order valence-corrected chi connectivity index (χ4v) is 2.52. The summed E-state index contributed by atoms with van der Waals surface area (Å²) in [7, 11) is 0. The summed E-state index contributed by atoms with van der Waals surface area (Å²) < 4.78 is 0. The smallest absolute Gasteiger partial charge is 0.269 e. The van der Waals surface area contributed by atoms with Gasteiger partial charge in [0.2, 0.25) is 0 Å². The number of hydrogen-bond acceptors (Lipinski definition) is 4. The topological polar surface area (TPSA) is 80.5 Å². The van der Waals surface area contributed by atoms with Gasteiger partial charge >= 0.3 is 0 Å². The number of nitro benzene ring substituents is 1. The molecule has 6 nitrogen and oxygen atoms in total. The van der Waals surface area contributed by atoms with Crippen molar-refractivity contribution in [3.63, 3.8) is 0 Å². The number of carbonyl (C=O) groups is 2. The van der Waals surface area contributed by atoms with Crippen molar-refractivity contribution in [3.8, 4) is 0 Å². The van der Waals surface area contributed by atoms with Crippen LogP contribution in [-0.4, -0.2) is 28.2 Å². The molecule has 0 spiro atoms.